The molecule has 2 aromatic carbocycles. The fourth-order valence-corrected chi connectivity index (χ4v) is 4.68. The number of Topliss-reactive ketones (excluding diaryl/α,β-unsaturated/α-hetero) is 1. The number of benzene rings is 2. The highest BCUT2D eigenvalue weighted by Gasteiger charge is 2.34. The first-order valence-corrected chi connectivity index (χ1v) is 8.68. The van der Waals surface area contributed by atoms with Gasteiger partial charge in [0.1, 0.15) is 5.82 Å². The van der Waals surface area contributed by atoms with Crippen molar-refractivity contribution in [1.29, 1.82) is 0 Å². The highest BCUT2D eigenvalue weighted by Crippen LogP contribution is 2.35. The highest BCUT2D eigenvalue weighted by molar-refractivity contribution is 7.93. The molecule has 0 spiro atoms. The lowest BCUT2D eigenvalue weighted by Crippen LogP contribution is -2.38. The summed E-state index contributed by atoms with van der Waals surface area (Å²) in [6, 6.07) is 8.76. The van der Waals surface area contributed by atoms with Gasteiger partial charge in [-0.15, -0.1) is 0 Å². The van der Waals surface area contributed by atoms with Crippen molar-refractivity contribution in [3.8, 4) is 0 Å². The Kier molecular flexibility index (Phi) is 3.72. The number of anilines is 1. The van der Waals surface area contributed by atoms with Gasteiger partial charge in [0.2, 0.25) is 0 Å². The number of hydrogen-bond donors (Lipinski definition) is 0. The summed E-state index contributed by atoms with van der Waals surface area (Å²) < 4.78 is 40.6. The summed E-state index contributed by atoms with van der Waals surface area (Å²) in [5, 5.41) is 0. The van der Waals surface area contributed by atoms with E-state index in [9.17, 15) is 17.6 Å². The number of nitrogens with zero attached hydrogens (tertiary/aromatic N) is 1. The zero-order chi connectivity index (χ0) is 16.8. The molecule has 0 aromatic heterocycles. The zero-order valence-electron chi connectivity index (χ0n) is 12.8. The molecule has 1 aliphatic rings. The van der Waals surface area contributed by atoms with Crippen molar-refractivity contribution in [3.05, 3.63) is 58.9 Å². The minimum absolute atomic E-state index is 0.0578. The smallest absolute Gasteiger partial charge is 0.264 e. The lowest BCUT2D eigenvalue weighted by atomic mass is 9.99. The molecule has 1 heterocycles. The summed E-state index contributed by atoms with van der Waals surface area (Å²) >= 11 is 0. The van der Waals surface area contributed by atoms with Crippen LogP contribution in [0.15, 0.2) is 41.3 Å². The van der Waals surface area contributed by atoms with Gasteiger partial charge in [0.15, 0.2) is 5.78 Å². The Morgan fingerprint density at radius 1 is 1.09 bits per heavy atom. The summed E-state index contributed by atoms with van der Waals surface area (Å²) in [6.07, 6.45) is 0.135. The van der Waals surface area contributed by atoms with Crippen LogP contribution < -0.4 is 4.31 Å². The van der Waals surface area contributed by atoms with Crippen molar-refractivity contribution < 1.29 is 17.6 Å². The fourth-order valence-electron chi connectivity index (χ4n) is 2.93. The number of aryl methyl sites for hydroxylation is 2. The van der Waals surface area contributed by atoms with Crippen molar-refractivity contribution in [2.75, 3.05) is 10.8 Å². The van der Waals surface area contributed by atoms with Gasteiger partial charge in [0.05, 0.1) is 10.6 Å². The minimum atomic E-state index is -3.85. The number of sulfonamides is 1. The normalized spacial score (nSPS) is 14.7. The molecule has 0 unspecified atom stereocenters. The predicted octanol–water partition coefficient (Wildman–Crippen LogP) is 3.22. The van der Waals surface area contributed by atoms with Crippen LogP contribution >= 0.6 is 0 Å². The van der Waals surface area contributed by atoms with Gasteiger partial charge in [-0.25, -0.2) is 12.8 Å². The van der Waals surface area contributed by atoms with Gasteiger partial charge in [0.25, 0.3) is 10.0 Å². The molecule has 23 heavy (non-hydrogen) atoms. The molecule has 4 nitrogen and oxygen atoms in total. The molecule has 0 amide bonds. The molecule has 0 bridgehead atoms. The lowest BCUT2D eigenvalue weighted by molar-refractivity contribution is 0.0982. The molecule has 0 N–H and O–H groups in total. The van der Waals surface area contributed by atoms with Crippen LogP contribution in [0.3, 0.4) is 0 Å². The Hall–Kier alpha value is -2.21. The predicted molar refractivity (Wildman–Crippen MR) is 85.8 cm³/mol. The summed E-state index contributed by atoms with van der Waals surface area (Å²) in [5.41, 5.74) is 1.91. The molecular weight excluding hydrogens is 317 g/mol. The van der Waals surface area contributed by atoms with Crippen LogP contribution in [0.4, 0.5) is 10.1 Å². The minimum Gasteiger partial charge on any atom is -0.294 e. The molecule has 6 heteroatoms. The molecule has 3 rings (SSSR count). The van der Waals surface area contributed by atoms with Crippen LogP contribution in [0.1, 0.15) is 27.9 Å². The number of carbonyl (C=O) groups excluding carboxylic acids is 1. The summed E-state index contributed by atoms with van der Waals surface area (Å²) in [5.74, 6) is -0.544. The second-order valence-electron chi connectivity index (χ2n) is 5.63. The van der Waals surface area contributed by atoms with Gasteiger partial charge in [-0.3, -0.25) is 9.10 Å². The number of fused-ring (bicyclic) bond motifs is 1. The number of halogens is 1. The third-order valence-corrected chi connectivity index (χ3v) is 5.99. The van der Waals surface area contributed by atoms with E-state index in [2.05, 4.69) is 0 Å². The largest absolute Gasteiger partial charge is 0.294 e. The average molecular weight is 333 g/mol. The SMILES string of the molecule is Cc1cc(F)ccc1S(=O)(=O)N1CCC(=O)c2cccc(C)c21. The van der Waals surface area contributed by atoms with Crippen molar-refractivity contribution in [1.82, 2.24) is 0 Å². The third kappa shape index (κ3) is 2.53. The molecule has 0 saturated carbocycles. The Bertz CT molecular complexity index is 906. The van der Waals surface area contributed by atoms with E-state index >= 15 is 0 Å². The van der Waals surface area contributed by atoms with Crippen molar-refractivity contribution in [2.45, 2.75) is 25.2 Å². The molecule has 1 aliphatic heterocycles. The second-order valence-corrected chi connectivity index (χ2v) is 7.46. The van der Waals surface area contributed by atoms with Gasteiger partial charge in [-0.2, -0.15) is 0 Å². The third-order valence-electron chi connectivity index (χ3n) is 4.03. The standard InChI is InChI=1S/C17H16FNO3S/c1-11-4-3-5-14-15(20)8-9-19(17(11)14)23(21,22)16-7-6-13(18)10-12(16)2/h3-7,10H,8-9H2,1-2H3. The maximum absolute atomic E-state index is 13.3. The van der Waals surface area contributed by atoms with Gasteiger partial charge >= 0.3 is 0 Å². The van der Waals surface area contributed by atoms with Gasteiger partial charge in [-0.05, 0) is 49.2 Å². The zero-order valence-corrected chi connectivity index (χ0v) is 13.7. The van der Waals surface area contributed by atoms with E-state index in [1.807, 2.05) is 0 Å². The maximum Gasteiger partial charge on any atom is 0.264 e. The summed E-state index contributed by atoms with van der Waals surface area (Å²) in [7, 11) is -3.85. The van der Waals surface area contributed by atoms with E-state index in [1.54, 1.807) is 32.0 Å². The van der Waals surface area contributed by atoms with E-state index in [1.165, 1.54) is 16.4 Å². The number of ketones is 1. The van der Waals surface area contributed by atoms with Crippen molar-refractivity contribution in [3.63, 3.8) is 0 Å². The molecule has 0 fully saturated rings. The summed E-state index contributed by atoms with van der Waals surface area (Å²) in [6.45, 7) is 3.43. The van der Waals surface area contributed by atoms with Crippen LogP contribution in [0, 0.1) is 19.7 Å². The Morgan fingerprint density at radius 3 is 2.52 bits per heavy atom. The van der Waals surface area contributed by atoms with E-state index in [4.69, 9.17) is 0 Å². The number of para-hydroxylation sites is 1. The van der Waals surface area contributed by atoms with Gasteiger partial charge in [-0.1, -0.05) is 12.1 Å². The molecule has 0 atom stereocenters. The Labute approximate surface area is 134 Å². The molecule has 0 saturated heterocycles. The number of carbonyl (C=O) groups is 1. The average Bonchev–Trinajstić information content (AvgIpc) is 2.48. The van der Waals surface area contributed by atoms with Crippen molar-refractivity contribution >= 4 is 21.5 Å². The monoisotopic (exact) mass is 333 g/mol. The first kappa shape index (κ1) is 15.7. The molecule has 0 aliphatic carbocycles. The van der Waals surface area contributed by atoms with Crippen LogP contribution in [0.5, 0.6) is 0 Å². The van der Waals surface area contributed by atoms with Gasteiger partial charge in [0, 0.05) is 18.5 Å². The molecule has 0 radical (unpaired) electrons. The van der Waals surface area contributed by atoms with Crippen LogP contribution in [-0.2, 0) is 10.0 Å². The first-order valence-electron chi connectivity index (χ1n) is 7.24. The second kappa shape index (κ2) is 5.45. The number of hydrogen-bond acceptors (Lipinski definition) is 3. The molecular formula is C17H16FNO3S. The Balaban J connectivity index is 2.19. The Morgan fingerprint density at radius 2 is 1.83 bits per heavy atom. The summed E-state index contributed by atoms with van der Waals surface area (Å²) in [4.78, 5) is 12.1. The van der Waals surface area contributed by atoms with E-state index < -0.39 is 15.8 Å². The maximum atomic E-state index is 13.3. The van der Waals surface area contributed by atoms with Crippen LogP contribution in [0.2, 0.25) is 0 Å². The van der Waals surface area contributed by atoms with E-state index in [0.29, 0.717) is 16.8 Å². The lowest BCUT2D eigenvalue weighted by Gasteiger charge is -2.31. The highest BCUT2D eigenvalue weighted by atomic mass is 32.2. The quantitative estimate of drug-likeness (QED) is 0.848. The van der Waals surface area contributed by atoms with Crippen molar-refractivity contribution in [2.24, 2.45) is 0 Å². The molecule has 2 aromatic rings. The van der Waals surface area contributed by atoms with Gasteiger partial charge < -0.3 is 0 Å². The fraction of sp³-hybridized carbons (Fsp3) is 0.235. The van der Waals surface area contributed by atoms with Crippen LogP contribution in [0.25, 0.3) is 0 Å². The van der Waals surface area contributed by atoms with Crippen LogP contribution in [-0.4, -0.2) is 20.7 Å². The molecule has 120 valence electrons. The van der Waals surface area contributed by atoms with E-state index in [-0.39, 0.29) is 23.6 Å². The topological polar surface area (TPSA) is 54.5 Å². The number of rotatable bonds is 2. The van der Waals surface area contributed by atoms with E-state index in [0.717, 1.165) is 11.6 Å². The first-order chi connectivity index (χ1) is 10.8.